The van der Waals surface area contributed by atoms with Crippen molar-refractivity contribution in [2.45, 2.75) is 17.9 Å². The highest BCUT2D eigenvalue weighted by molar-refractivity contribution is 7.89. The summed E-state index contributed by atoms with van der Waals surface area (Å²) in [7, 11) is 0.214. The van der Waals surface area contributed by atoms with Crippen molar-refractivity contribution in [3.63, 3.8) is 0 Å². The van der Waals surface area contributed by atoms with E-state index in [-0.39, 0.29) is 11.5 Å². The molecule has 0 aliphatic rings. The zero-order chi connectivity index (χ0) is 17.2. The molecule has 126 valence electrons. The first-order valence-electron chi connectivity index (χ1n) is 6.58. The Morgan fingerprint density at radius 2 is 1.87 bits per heavy atom. The van der Waals surface area contributed by atoms with Crippen molar-refractivity contribution in [1.82, 2.24) is 19.5 Å². The van der Waals surface area contributed by atoms with Crippen LogP contribution in [0.4, 0.5) is 4.39 Å². The summed E-state index contributed by atoms with van der Waals surface area (Å²) in [6, 6.07) is 1.33. The molecule has 1 heterocycles. The highest BCUT2D eigenvalue weighted by atomic mass is 32.2. The Balaban J connectivity index is 2.38. The maximum atomic E-state index is 14.1. The number of rotatable bonds is 6. The minimum atomic E-state index is -4.13. The second-order valence-electron chi connectivity index (χ2n) is 4.78. The predicted molar refractivity (Wildman–Crippen MR) is 79.2 cm³/mol. The molecule has 0 saturated heterocycles. The Kier molecular flexibility index (Phi) is 4.85. The first-order valence-corrected chi connectivity index (χ1v) is 8.06. The number of methoxy groups -OCH3 is 2. The summed E-state index contributed by atoms with van der Waals surface area (Å²) >= 11 is 0. The summed E-state index contributed by atoms with van der Waals surface area (Å²) in [5, 5.41) is 7.51. The highest BCUT2D eigenvalue weighted by Crippen LogP contribution is 2.32. The van der Waals surface area contributed by atoms with Crippen molar-refractivity contribution in [2.75, 3.05) is 14.2 Å². The normalized spacial score (nSPS) is 12.9. The molecule has 0 fully saturated rings. The van der Waals surface area contributed by atoms with Crippen molar-refractivity contribution in [3.8, 4) is 11.5 Å². The molecule has 0 aliphatic heterocycles. The Labute approximate surface area is 133 Å². The standard InChI is InChI=1S/C13H17FN4O4S/c1-8(13-16-15-7-18(13)2)17-23(19,20)12-6-11(22-4)10(21-3)5-9(12)14/h5-8,17H,1-4H3/t8-/m1/s1. The van der Waals surface area contributed by atoms with Gasteiger partial charge in [-0.25, -0.2) is 17.5 Å². The third kappa shape index (κ3) is 3.42. The molecule has 1 atom stereocenters. The van der Waals surface area contributed by atoms with Gasteiger partial charge < -0.3 is 14.0 Å². The number of sulfonamides is 1. The van der Waals surface area contributed by atoms with Crippen LogP contribution >= 0.6 is 0 Å². The Morgan fingerprint density at radius 3 is 2.39 bits per heavy atom. The number of halogens is 1. The zero-order valence-electron chi connectivity index (χ0n) is 13.1. The lowest BCUT2D eigenvalue weighted by atomic mass is 10.3. The molecule has 0 spiro atoms. The maximum Gasteiger partial charge on any atom is 0.244 e. The van der Waals surface area contributed by atoms with Crippen molar-refractivity contribution >= 4 is 10.0 Å². The molecule has 0 unspecified atom stereocenters. The number of benzene rings is 1. The molecular formula is C13H17FN4O4S. The third-order valence-corrected chi connectivity index (χ3v) is 4.75. The minimum absolute atomic E-state index is 0.102. The van der Waals surface area contributed by atoms with Crippen LogP contribution < -0.4 is 14.2 Å². The quantitative estimate of drug-likeness (QED) is 0.840. The third-order valence-electron chi connectivity index (χ3n) is 3.19. The van der Waals surface area contributed by atoms with Crippen LogP contribution in [0.3, 0.4) is 0 Å². The number of aromatic nitrogens is 3. The number of aryl methyl sites for hydroxylation is 1. The van der Waals surface area contributed by atoms with Crippen LogP contribution in [0.15, 0.2) is 23.4 Å². The number of ether oxygens (including phenoxy) is 2. The zero-order valence-corrected chi connectivity index (χ0v) is 13.9. The average molecular weight is 344 g/mol. The van der Waals surface area contributed by atoms with Crippen molar-refractivity contribution in [2.24, 2.45) is 7.05 Å². The summed E-state index contributed by atoms with van der Waals surface area (Å²) in [5.74, 6) is -0.333. The van der Waals surface area contributed by atoms with E-state index in [2.05, 4.69) is 14.9 Å². The van der Waals surface area contributed by atoms with Gasteiger partial charge >= 0.3 is 0 Å². The molecule has 2 aromatic rings. The van der Waals surface area contributed by atoms with Crippen LogP contribution in [0.1, 0.15) is 18.8 Å². The number of hydrogen-bond acceptors (Lipinski definition) is 6. The molecule has 0 aliphatic carbocycles. The van der Waals surface area contributed by atoms with Gasteiger partial charge in [0.25, 0.3) is 0 Å². The number of hydrogen-bond donors (Lipinski definition) is 1. The van der Waals surface area contributed by atoms with Crippen LogP contribution in [0.25, 0.3) is 0 Å². The van der Waals surface area contributed by atoms with Gasteiger partial charge in [-0.2, -0.15) is 0 Å². The molecular weight excluding hydrogens is 327 g/mol. The van der Waals surface area contributed by atoms with Crippen LogP contribution in [0.5, 0.6) is 11.5 Å². The summed E-state index contributed by atoms with van der Waals surface area (Å²) in [6.07, 6.45) is 1.44. The van der Waals surface area contributed by atoms with Gasteiger partial charge in [0.15, 0.2) is 11.5 Å². The molecule has 8 nitrogen and oxygen atoms in total. The van der Waals surface area contributed by atoms with Gasteiger partial charge in [-0.05, 0) is 6.92 Å². The van der Waals surface area contributed by atoms with Crippen LogP contribution in [-0.2, 0) is 17.1 Å². The first kappa shape index (κ1) is 17.2. The topological polar surface area (TPSA) is 95.3 Å². The van der Waals surface area contributed by atoms with Crippen LogP contribution in [0.2, 0.25) is 0 Å². The molecule has 1 N–H and O–H groups in total. The summed E-state index contributed by atoms with van der Waals surface area (Å²) in [4.78, 5) is -0.538. The monoisotopic (exact) mass is 344 g/mol. The molecule has 0 radical (unpaired) electrons. The van der Waals surface area contributed by atoms with E-state index in [9.17, 15) is 12.8 Å². The van der Waals surface area contributed by atoms with E-state index < -0.39 is 26.8 Å². The van der Waals surface area contributed by atoms with E-state index in [1.165, 1.54) is 20.5 Å². The molecule has 1 aromatic heterocycles. The lowest BCUT2D eigenvalue weighted by Crippen LogP contribution is -2.29. The Morgan fingerprint density at radius 1 is 1.26 bits per heavy atom. The van der Waals surface area contributed by atoms with Crippen molar-refractivity contribution in [1.29, 1.82) is 0 Å². The second kappa shape index (κ2) is 6.50. The van der Waals surface area contributed by atoms with Gasteiger partial charge in [0.1, 0.15) is 22.9 Å². The molecule has 23 heavy (non-hydrogen) atoms. The van der Waals surface area contributed by atoms with E-state index >= 15 is 0 Å². The summed E-state index contributed by atoms with van der Waals surface area (Å²) < 4.78 is 52.9. The Hall–Kier alpha value is -2.20. The van der Waals surface area contributed by atoms with Gasteiger partial charge in [0.05, 0.1) is 20.3 Å². The lowest BCUT2D eigenvalue weighted by molar-refractivity contribution is 0.350. The Bertz CT molecular complexity index is 806. The SMILES string of the molecule is COc1cc(F)c(S(=O)(=O)N[C@H](C)c2nncn2C)cc1OC. The number of nitrogens with one attached hydrogen (secondary N) is 1. The van der Waals surface area contributed by atoms with E-state index in [0.717, 1.165) is 12.1 Å². The fourth-order valence-electron chi connectivity index (χ4n) is 2.07. The molecule has 2 rings (SSSR count). The van der Waals surface area contributed by atoms with E-state index in [1.807, 2.05) is 0 Å². The molecule has 10 heteroatoms. The van der Waals surface area contributed by atoms with E-state index in [0.29, 0.717) is 5.82 Å². The van der Waals surface area contributed by atoms with Crippen molar-refractivity contribution in [3.05, 3.63) is 30.1 Å². The maximum absolute atomic E-state index is 14.1. The van der Waals surface area contributed by atoms with Gasteiger partial charge in [-0.15, -0.1) is 10.2 Å². The van der Waals surface area contributed by atoms with Gasteiger partial charge in [-0.1, -0.05) is 0 Å². The number of nitrogens with zero attached hydrogens (tertiary/aromatic N) is 3. The molecule has 0 amide bonds. The van der Waals surface area contributed by atoms with Crippen molar-refractivity contribution < 1.29 is 22.3 Å². The van der Waals surface area contributed by atoms with E-state index in [1.54, 1.807) is 18.5 Å². The highest BCUT2D eigenvalue weighted by Gasteiger charge is 2.26. The molecule has 0 saturated carbocycles. The van der Waals surface area contributed by atoms with Gasteiger partial charge in [-0.3, -0.25) is 0 Å². The van der Waals surface area contributed by atoms with Gasteiger partial charge in [0, 0.05) is 19.2 Å². The fourth-order valence-corrected chi connectivity index (χ4v) is 3.35. The first-order chi connectivity index (χ1) is 10.8. The second-order valence-corrected chi connectivity index (χ2v) is 6.46. The predicted octanol–water partition coefficient (Wildman–Crippen LogP) is 1.01. The smallest absolute Gasteiger partial charge is 0.244 e. The molecule has 1 aromatic carbocycles. The summed E-state index contributed by atoms with van der Waals surface area (Å²) in [5.41, 5.74) is 0. The fraction of sp³-hybridized carbons (Fsp3) is 0.385. The van der Waals surface area contributed by atoms with E-state index in [4.69, 9.17) is 9.47 Å². The van der Waals surface area contributed by atoms with Gasteiger partial charge in [0.2, 0.25) is 10.0 Å². The lowest BCUT2D eigenvalue weighted by Gasteiger charge is -2.15. The molecule has 0 bridgehead atoms. The minimum Gasteiger partial charge on any atom is -0.493 e. The van der Waals surface area contributed by atoms with Crippen LogP contribution in [0, 0.1) is 5.82 Å². The average Bonchev–Trinajstić information content (AvgIpc) is 2.92. The van der Waals surface area contributed by atoms with Crippen LogP contribution in [-0.4, -0.2) is 37.4 Å². The largest absolute Gasteiger partial charge is 0.493 e. The summed E-state index contributed by atoms with van der Waals surface area (Å²) in [6.45, 7) is 1.58.